The molecule has 2 aromatic carbocycles. The van der Waals surface area contributed by atoms with E-state index >= 15 is 0 Å². The molecule has 5 aromatic rings. The molecule has 5 heterocycles. The number of ether oxygens (including phenoxy) is 3. The molecule has 2 fully saturated rings. The molecule has 3 aromatic heterocycles. The zero-order valence-corrected chi connectivity index (χ0v) is 33.6. The Kier molecular flexibility index (Phi) is 11.5. The Balaban J connectivity index is 0.900. The molecule has 3 aliphatic rings. The van der Waals surface area contributed by atoms with Crippen LogP contribution in [0.3, 0.4) is 0 Å². The summed E-state index contributed by atoms with van der Waals surface area (Å²) in [6.45, 7) is 5.96. The average molecular weight is 813 g/mol. The molecule has 0 bridgehead atoms. The Labute approximate surface area is 340 Å². The van der Waals surface area contributed by atoms with E-state index in [1.54, 1.807) is 50.2 Å². The number of piperazine rings is 1. The number of carbonyl (C=O) groups excluding carboxylic acids is 2. The van der Waals surface area contributed by atoms with Gasteiger partial charge in [0.05, 0.1) is 32.3 Å². The smallest absolute Gasteiger partial charge is 0.493 e. The van der Waals surface area contributed by atoms with E-state index in [9.17, 15) is 18.8 Å². The Bertz CT molecular complexity index is 2360. The number of anilines is 1. The van der Waals surface area contributed by atoms with Crippen molar-refractivity contribution in [1.82, 2.24) is 34.9 Å². The third kappa shape index (κ3) is 8.07. The molecule has 1 aliphatic carbocycles. The Hall–Kier alpha value is -5.97. The monoisotopic (exact) mass is 812 g/mol. The van der Waals surface area contributed by atoms with Crippen LogP contribution in [-0.2, 0) is 34.6 Å². The van der Waals surface area contributed by atoms with Crippen LogP contribution in [0.25, 0.3) is 11.0 Å². The number of aromatic nitrogens is 4. The second-order valence-corrected chi connectivity index (χ2v) is 15.3. The van der Waals surface area contributed by atoms with Gasteiger partial charge < -0.3 is 38.2 Å². The fourth-order valence-corrected chi connectivity index (χ4v) is 9.04. The molecule has 16 nitrogen and oxygen atoms in total. The molecule has 1 saturated heterocycles. The van der Waals surface area contributed by atoms with Crippen LogP contribution in [0.2, 0.25) is 0 Å². The summed E-state index contributed by atoms with van der Waals surface area (Å²) in [6, 6.07) is 10.8. The summed E-state index contributed by atoms with van der Waals surface area (Å²) in [5, 5.41) is 8.11. The average Bonchev–Trinajstić information content (AvgIpc) is 3.83. The lowest BCUT2D eigenvalue weighted by Gasteiger charge is -2.52. The number of rotatable bonds is 12. The molecule has 17 heteroatoms. The van der Waals surface area contributed by atoms with Gasteiger partial charge in [0.2, 0.25) is 5.91 Å². The van der Waals surface area contributed by atoms with E-state index in [2.05, 4.69) is 42.3 Å². The Morgan fingerprint density at radius 3 is 2.49 bits per heavy atom. The van der Waals surface area contributed by atoms with Gasteiger partial charge in [0.25, 0.3) is 0 Å². The van der Waals surface area contributed by atoms with E-state index in [-0.39, 0.29) is 47.9 Å². The first-order valence-corrected chi connectivity index (χ1v) is 20.1. The minimum absolute atomic E-state index is 0.0957. The van der Waals surface area contributed by atoms with Gasteiger partial charge in [-0.3, -0.25) is 9.69 Å². The van der Waals surface area contributed by atoms with Crippen LogP contribution in [0.1, 0.15) is 60.3 Å². The number of hydrogen-bond donors (Lipinski definition) is 1. The maximum atomic E-state index is 14.4. The van der Waals surface area contributed by atoms with Crippen LogP contribution in [0.4, 0.5) is 15.0 Å². The second kappa shape index (κ2) is 17.1. The largest absolute Gasteiger partial charge is 0.519 e. The lowest BCUT2D eigenvalue weighted by atomic mass is 9.68. The van der Waals surface area contributed by atoms with Crippen molar-refractivity contribution < 1.29 is 37.0 Å². The molecule has 312 valence electrons. The Morgan fingerprint density at radius 1 is 1.00 bits per heavy atom. The van der Waals surface area contributed by atoms with E-state index in [0.29, 0.717) is 61.9 Å². The van der Waals surface area contributed by atoms with Crippen LogP contribution in [0, 0.1) is 18.7 Å². The maximum Gasteiger partial charge on any atom is 0.519 e. The summed E-state index contributed by atoms with van der Waals surface area (Å²) in [5.74, 6) is 1.55. The number of alkyl carbamates (subject to hydrolysis) is 1. The molecule has 0 unspecified atom stereocenters. The molecular formula is C42H49FN8O8. The van der Waals surface area contributed by atoms with Crippen LogP contribution in [0.15, 0.2) is 62.6 Å². The van der Waals surface area contributed by atoms with E-state index in [1.165, 1.54) is 23.5 Å². The highest BCUT2D eigenvalue weighted by molar-refractivity contribution is 5.87. The van der Waals surface area contributed by atoms with Crippen molar-refractivity contribution in [3.8, 4) is 11.5 Å². The maximum absolute atomic E-state index is 14.4. The minimum Gasteiger partial charge on any atom is -0.493 e. The van der Waals surface area contributed by atoms with Crippen molar-refractivity contribution >= 4 is 28.9 Å². The van der Waals surface area contributed by atoms with Crippen LogP contribution >= 0.6 is 0 Å². The zero-order chi connectivity index (χ0) is 41.1. The quantitative estimate of drug-likeness (QED) is 0.171. The van der Waals surface area contributed by atoms with Gasteiger partial charge in [0, 0.05) is 62.8 Å². The van der Waals surface area contributed by atoms with Crippen molar-refractivity contribution in [2.75, 3.05) is 64.9 Å². The number of fused-ring (bicyclic) bond motifs is 3. The third-order valence-electron chi connectivity index (χ3n) is 12.2. The predicted octanol–water partition coefficient (Wildman–Crippen LogP) is 4.79. The topological polar surface area (TPSA) is 171 Å². The van der Waals surface area contributed by atoms with Gasteiger partial charge in [0.15, 0.2) is 35.3 Å². The van der Waals surface area contributed by atoms with Gasteiger partial charge >= 0.3 is 11.9 Å². The summed E-state index contributed by atoms with van der Waals surface area (Å²) in [6.07, 6.45) is 7.23. The number of methoxy groups -OCH3 is 2. The van der Waals surface area contributed by atoms with Gasteiger partial charge in [-0.15, -0.1) is 0 Å². The van der Waals surface area contributed by atoms with E-state index in [1.807, 2.05) is 4.90 Å². The summed E-state index contributed by atoms with van der Waals surface area (Å²) in [4.78, 5) is 53.6. The Morgan fingerprint density at radius 2 is 1.76 bits per heavy atom. The molecule has 0 radical (unpaired) electrons. The lowest BCUT2D eigenvalue weighted by molar-refractivity contribution is -0.138. The fraction of sp³-hybridized carbons (Fsp3) is 0.476. The van der Waals surface area contributed by atoms with Gasteiger partial charge in [-0.05, 0) is 74.8 Å². The van der Waals surface area contributed by atoms with Crippen LogP contribution in [-0.4, -0.2) is 102 Å². The van der Waals surface area contributed by atoms with Crippen molar-refractivity contribution in [3.63, 3.8) is 0 Å². The molecule has 2 aliphatic heterocycles. The van der Waals surface area contributed by atoms with Gasteiger partial charge in [-0.25, -0.2) is 28.6 Å². The van der Waals surface area contributed by atoms with Gasteiger partial charge in [-0.1, -0.05) is 18.2 Å². The number of carbonyl (C=O) groups is 2. The number of amides is 2. The fourth-order valence-electron chi connectivity index (χ4n) is 9.04. The van der Waals surface area contributed by atoms with Crippen molar-refractivity contribution in [1.29, 1.82) is 0 Å². The molecular weight excluding hydrogens is 764 g/mol. The number of nitrogens with zero attached hydrogens (tertiary/aromatic N) is 7. The van der Waals surface area contributed by atoms with Crippen molar-refractivity contribution in [2.24, 2.45) is 5.92 Å². The molecule has 1 spiro atoms. The molecule has 8 rings (SSSR count). The molecule has 1 N–H and O–H groups in total. The summed E-state index contributed by atoms with van der Waals surface area (Å²) < 4.78 is 42.5. The van der Waals surface area contributed by atoms with Crippen molar-refractivity contribution in [3.05, 3.63) is 93.6 Å². The molecule has 1 saturated carbocycles. The van der Waals surface area contributed by atoms with E-state index in [0.717, 1.165) is 56.4 Å². The second-order valence-electron chi connectivity index (χ2n) is 15.3. The standard InChI is InChI=1S/C42H49FN8O8/c1-27-36(59-41(54)58-27)25-57-40(53)44-14-6-15-50-16-11-29-21-34(55-2)35(56-3)22-32(29)42(50)12-9-28(10-13-42)39(52)49-19-17-48(18-20-49)37-31-23-47-51(38(31)46-26-45-37)24-30-7-4-5-8-33(30)43/h4-5,7-8,21-23,26,28H,6,9-20,24-25H2,1-3H3,(H,44,53)/t28-,42+. The number of hydrogen-bond acceptors (Lipinski definition) is 13. The van der Waals surface area contributed by atoms with Crippen LogP contribution in [0.5, 0.6) is 11.5 Å². The first-order valence-electron chi connectivity index (χ1n) is 20.1. The summed E-state index contributed by atoms with van der Waals surface area (Å²) >= 11 is 0. The number of nitrogens with one attached hydrogen (secondary N) is 1. The molecule has 59 heavy (non-hydrogen) atoms. The first kappa shape index (κ1) is 39.8. The third-order valence-corrected chi connectivity index (χ3v) is 12.2. The lowest BCUT2D eigenvalue weighted by Crippen LogP contribution is -2.55. The highest BCUT2D eigenvalue weighted by atomic mass is 19.1. The SMILES string of the molecule is COc1cc2c(cc1OC)[C@]1(CC[C@H](C(=O)N3CCN(c4ncnc5c4cnn5Cc4ccccc4F)CC3)CC1)N(CCCNC(=O)OCc1oc(=O)oc1C)CC2. The first-order chi connectivity index (χ1) is 28.7. The number of halogens is 1. The highest BCUT2D eigenvalue weighted by Gasteiger charge is 2.47. The molecule has 0 atom stereocenters. The van der Waals surface area contributed by atoms with Crippen molar-refractivity contribution in [2.45, 2.75) is 64.1 Å². The molecule has 2 amide bonds. The van der Waals surface area contributed by atoms with E-state index < -0.39 is 11.9 Å². The van der Waals surface area contributed by atoms with E-state index in [4.69, 9.17) is 23.0 Å². The zero-order valence-electron chi connectivity index (χ0n) is 33.6. The predicted molar refractivity (Wildman–Crippen MR) is 213 cm³/mol. The summed E-state index contributed by atoms with van der Waals surface area (Å²) in [7, 11) is 3.29. The normalized spacial score (nSPS) is 19.5. The number of benzene rings is 2. The number of aryl methyl sites for hydroxylation is 1. The minimum atomic E-state index is -0.835. The van der Waals surface area contributed by atoms with Crippen LogP contribution < -0.4 is 25.5 Å². The van der Waals surface area contributed by atoms with Gasteiger partial charge in [-0.2, -0.15) is 5.10 Å². The highest BCUT2D eigenvalue weighted by Crippen LogP contribution is 2.50. The van der Waals surface area contributed by atoms with Gasteiger partial charge in [0.1, 0.15) is 18.0 Å². The summed E-state index contributed by atoms with van der Waals surface area (Å²) in [5.41, 5.74) is 3.28.